The molecule has 0 heterocycles. The van der Waals surface area contributed by atoms with E-state index in [0.29, 0.717) is 12.3 Å². The van der Waals surface area contributed by atoms with Gasteiger partial charge in [0.05, 0.1) is 0 Å². The van der Waals surface area contributed by atoms with Gasteiger partial charge in [-0.1, -0.05) is 36.4 Å². The third-order valence-electron chi connectivity index (χ3n) is 3.84. The molecule has 0 spiro atoms. The molecular weight excluding hydrogens is 226 g/mol. The van der Waals surface area contributed by atoms with Crippen LogP contribution in [0.4, 0.5) is 0 Å². The van der Waals surface area contributed by atoms with Crippen molar-refractivity contribution in [1.82, 2.24) is 0 Å². The fourth-order valence-electron chi connectivity index (χ4n) is 2.62. The normalized spacial score (nSPS) is 19.8. The van der Waals surface area contributed by atoms with Crippen molar-refractivity contribution in [3.05, 3.63) is 48.6 Å². The standard InChI is InChI=1S/C15H19NO2/c1-2-10-15(14(17)18,13(16)11-8-9-11)12-6-4-3-5-7-12/h2-7,11,13H,1,8-10,16H2,(H,17,18)/t13-,15+/m0/s1. The highest BCUT2D eigenvalue weighted by Crippen LogP contribution is 2.43. The van der Waals surface area contributed by atoms with E-state index in [-0.39, 0.29) is 6.04 Å². The molecule has 1 saturated carbocycles. The number of hydrogen-bond acceptors (Lipinski definition) is 2. The summed E-state index contributed by atoms with van der Waals surface area (Å²) in [5.41, 5.74) is 5.99. The number of carbonyl (C=O) groups is 1. The second kappa shape index (κ2) is 4.94. The van der Waals surface area contributed by atoms with E-state index < -0.39 is 11.4 Å². The summed E-state index contributed by atoms with van der Waals surface area (Å²) in [5, 5.41) is 9.73. The van der Waals surface area contributed by atoms with E-state index in [1.165, 1.54) is 0 Å². The van der Waals surface area contributed by atoms with Crippen LogP contribution in [0.15, 0.2) is 43.0 Å². The second-order valence-corrected chi connectivity index (χ2v) is 5.00. The van der Waals surface area contributed by atoms with Gasteiger partial charge in [0.2, 0.25) is 0 Å². The summed E-state index contributed by atoms with van der Waals surface area (Å²) in [6.45, 7) is 3.70. The molecule has 0 aromatic heterocycles. The van der Waals surface area contributed by atoms with Gasteiger partial charge in [0.15, 0.2) is 0 Å². The lowest BCUT2D eigenvalue weighted by Gasteiger charge is -2.35. The Morgan fingerprint density at radius 3 is 2.56 bits per heavy atom. The molecule has 1 aromatic carbocycles. The Kier molecular flexibility index (Phi) is 3.53. The zero-order valence-electron chi connectivity index (χ0n) is 10.4. The van der Waals surface area contributed by atoms with E-state index in [1.807, 2.05) is 30.3 Å². The molecule has 0 amide bonds. The van der Waals surface area contributed by atoms with Crippen molar-refractivity contribution in [3.63, 3.8) is 0 Å². The largest absolute Gasteiger partial charge is 0.481 e. The van der Waals surface area contributed by atoms with Crippen LogP contribution in [0.5, 0.6) is 0 Å². The molecule has 96 valence electrons. The molecule has 2 rings (SSSR count). The van der Waals surface area contributed by atoms with Crippen molar-refractivity contribution >= 4 is 5.97 Å². The van der Waals surface area contributed by atoms with E-state index in [9.17, 15) is 9.90 Å². The molecule has 3 N–H and O–H groups in total. The Morgan fingerprint density at radius 2 is 2.11 bits per heavy atom. The van der Waals surface area contributed by atoms with Crippen LogP contribution in [0, 0.1) is 5.92 Å². The lowest BCUT2D eigenvalue weighted by atomic mass is 9.70. The SMILES string of the molecule is C=CC[C@@](C(=O)O)(c1ccccc1)[C@@H](N)C1CC1. The molecular formula is C15H19NO2. The number of hydrogen-bond donors (Lipinski definition) is 2. The summed E-state index contributed by atoms with van der Waals surface area (Å²) < 4.78 is 0. The first-order valence-corrected chi connectivity index (χ1v) is 6.28. The highest BCUT2D eigenvalue weighted by Gasteiger charge is 2.50. The third-order valence-corrected chi connectivity index (χ3v) is 3.84. The monoisotopic (exact) mass is 245 g/mol. The van der Waals surface area contributed by atoms with Crippen molar-refractivity contribution in [3.8, 4) is 0 Å². The van der Waals surface area contributed by atoms with Crippen LogP contribution in [0.2, 0.25) is 0 Å². The quantitative estimate of drug-likeness (QED) is 0.756. The maximum Gasteiger partial charge on any atom is 0.316 e. The number of carboxylic acid groups (broad SMARTS) is 1. The van der Waals surface area contributed by atoms with Gasteiger partial charge in [0, 0.05) is 6.04 Å². The summed E-state index contributed by atoms with van der Waals surface area (Å²) in [4.78, 5) is 11.9. The molecule has 18 heavy (non-hydrogen) atoms. The van der Waals surface area contributed by atoms with Crippen molar-refractivity contribution < 1.29 is 9.90 Å². The molecule has 1 aliphatic carbocycles. The molecule has 1 fully saturated rings. The van der Waals surface area contributed by atoms with Crippen molar-refractivity contribution in [2.24, 2.45) is 11.7 Å². The van der Waals surface area contributed by atoms with Gasteiger partial charge < -0.3 is 10.8 Å². The third kappa shape index (κ3) is 2.06. The Labute approximate surface area is 107 Å². The molecule has 0 aliphatic heterocycles. The first-order chi connectivity index (χ1) is 8.63. The fraction of sp³-hybridized carbons (Fsp3) is 0.400. The number of carboxylic acids is 1. The van der Waals surface area contributed by atoms with Crippen LogP contribution in [-0.2, 0) is 10.2 Å². The van der Waals surface area contributed by atoms with Gasteiger partial charge in [0.25, 0.3) is 0 Å². The summed E-state index contributed by atoms with van der Waals surface area (Å²) in [6, 6.07) is 8.94. The smallest absolute Gasteiger partial charge is 0.316 e. The lowest BCUT2D eigenvalue weighted by molar-refractivity contribution is -0.145. The summed E-state index contributed by atoms with van der Waals surface area (Å²) >= 11 is 0. The second-order valence-electron chi connectivity index (χ2n) is 5.00. The summed E-state index contributed by atoms with van der Waals surface area (Å²) in [5.74, 6) is -0.533. The number of allylic oxidation sites excluding steroid dienone is 1. The molecule has 0 bridgehead atoms. The molecule has 1 aromatic rings. The van der Waals surface area contributed by atoms with Gasteiger partial charge in [-0.05, 0) is 30.7 Å². The minimum Gasteiger partial charge on any atom is -0.481 e. The predicted molar refractivity (Wildman–Crippen MR) is 71.3 cm³/mol. The van der Waals surface area contributed by atoms with Crippen LogP contribution >= 0.6 is 0 Å². The fourth-order valence-corrected chi connectivity index (χ4v) is 2.62. The molecule has 2 atom stereocenters. The Balaban J connectivity index is 2.48. The summed E-state index contributed by atoms with van der Waals surface area (Å²) in [6.07, 6.45) is 4.08. The van der Waals surface area contributed by atoms with Crippen molar-refractivity contribution in [2.45, 2.75) is 30.7 Å². The Hall–Kier alpha value is -1.61. The minimum atomic E-state index is -1.04. The maximum atomic E-state index is 11.9. The zero-order chi connectivity index (χ0) is 13.2. The van der Waals surface area contributed by atoms with Gasteiger partial charge >= 0.3 is 5.97 Å². The number of nitrogens with two attached hydrogens (primary N) is 1. The van der Waals surface area contributed by atoms with E-state index in [1.54, 1.807) is 6.08 Å². The Bertz CT molecular complexity index is 439. The predicted octanol–water partition coefficient (Wildman–Crippen LogP) is 2.32. The highest BCUT2D eigenvalue weighted by atomic mass is 16.4. The molecule has 0 saturated heterocycles. The number of benzene rings is 1. The van der Waals surface area contributed by atoms with Gasteiger partial charge in [-0.15, -0.1) is 6.58 Å². The Morgan fingerprint density at radius 1 is 1.50 bits per heavy atom. The summed E-state index contributed by atoms with van der Waals surface area (Å²) in [7, 11) is 0. The average Bonchev–Trinajstić information content (AvgIpc) is 3.20. The topological polar surface area (TPSA) is 63.3 Å². The van der Waals surface area contributed by atoms with Crippen molar-refractivity contribution in [1.29, 1.82) is 0 Å². The minimum absolute atomic E-state index is 0.321. The van der Waals surface area contributed by atoms with E-state index in [0.717, 1.165) is 18.4 Å². The number of rotatable bonds is 6. The highest BCUT2D eigenvalue weighted by molar-refractivity contribution is 5.83. The number of aliphatic carboxylic acids is 1. The molecule has 3 nitrogen and oxygen atoms in total. The average molecular weight is 245 g/mol. The molecule has 3 heteroatoms. The van der Waals surface area contributed by atoms with Crippen LogP contribution in [-0.4, -0.2) is 17.1 Å². The molecule has 1 aliphatic rings. The van der Waals surface area contributed by atoms with Gasteiger partial charge in [-0.3, -0.25) is 4.79 Å². The van der Waals surface area contributed by atoms with Crippen LogP contribution in [0.3, 0.4) is 0 Å². The molecule has 0 unspecified atom stereocenters. The lowest BCUT2D eigenvalue weighted by Crippen LogP contribution is -2.52. The van der Waals surface area contributed by atoms with Gasteiger partial charge in [0.1, 0.15) is 5.41 Å². The van der Waals surface area contributed by atoms with Crippen molar-refractivity contribution in [2.75, 3.05) is 0 Å². The van der Waals surface area contributed by atoms with E-state index >= 15 is 0 Å². The zero-order valence-corrected chi connectivity index (χ0v) is 10.4. The first kappa shape index (κ1) is 12.8. The van der Waals surface area contributed by atoms with Gasteiger partial charge in [-0.2, -0.15) is 0 Å². The van der Waals surface area contributed by atoms with Crippen LogP contribution < -0.4 is 5.73 Å². The van der Waals surface area contributed by atoms with Crippen LogP contribution in [0.25, 0.3) is 0 Å². The van der Waals surface area contributed by atoms with Gasteiger partial charge in [-0.25, -0.2) is 0 Å². The molecule has 0 radical (unpaired) electrons. The van der Waals surface area contributed by atoms with Crippen LogP contribution in [0.1, 0.15) is 24.8 Å². The first-order valence-electron chi connectivity index (χ1n) is 6.28. The van der Waals surface area contributed by atoms with E-state index in [2.05, 4.69) is 6.58 Å². The maximum absolute atomic E-state index is 11.9. The van der Waals surface area contributed by atoms with E-state index in [4.69, 9.17) is 5.73 Å².